The fourth-order valence-corrected chi connectivity index (χ4v) is 5.23. The molecule has 2 aromatic carbocycles. The zero-order chi connectivity index (χ0) is 18.9. The summed E-state index contributed by atoms with van der Waals surface area (Å²) in [5.41, 5.74) is 0.540. The van der Waals surface area contributed by atoms with Crippen LogP contribution in [0.3, 0.4) is 0 Å². The number of amides is 1. The van der Waals surface area contributed by atoms with Crippen LogP contribution in [0.1, 0.15) is 23.2 Å². The average Bonchev–Trinajstić information content (AvgIpc) is 3.11. The Morgan fingerprint density at radius 1 is 0.962 bits per heavy atom. The van der Waals surface area contributed by atoms with Gasteiger partial charge in [0.1, 0.15) is 4.90 Å². The first-order valence-electron chi connectivity index (χ1n) is 7.85. The van der Waals surface area contributed by atoms with E-state index < -0.39 is 15.9 Å². The van der Waals surface area contributed by atoms with Crippen LogP contribution in [-0.4, -0.2) is 31.7 Å². The average molecular weight is 434 g/mol. The fourth-order valence-electron chi connectivity index (χ4n) is 2.72. The minimum Gasteiger partial charge on any atom is -0.322 e. The number of halogens is 3. The molecule has 1 amide bonds. The number of nitrogens with one attached hydrogen (secondary N) is 1. The van der Waals surface area contributed by atoms with Gasteiger partial charge < -0.3 is 5.32 Å². The molecule has 9 heteroatoms. The van der Waals surface area contributed by atoms with Crippen LogP contribution in [0.25, 0.3) is 0 Å². The molecule has 0 aliphatic carbocycles. The van der Waals surface area contributed by atoms with Crippen LogP contribution in [0.4, 0.5) is 5.69 Å². The quantitative estimate of drug-likeness (QED) is 0.761. The van der Waals surface area contributed by atoms with Gasteiger partial charge in [0.05, 0.1) is 15.6 Å². The summed E-state index contributed by atoms with van der Waals surface area (Å²) in [5, 5.41) is 3.37. The second kappa shape index (κ2) is 7.74. The van der Waals surface area contributed by atoms with Crippen molar-refractivity contribution in [1.29, 1.82) is 0 Å². The summed E-state index contributed by atoms with van der Waals surface area (Å²) in [6.45, 7) is 0.936. The summed E-state index contributed by atoms with van der Waals surface area (Å²) >= 11 is 18.0. The second-order valence-corrected chi connectivity index (χ2v) is 8.99. The molecule has 0 spiro atoms. The van der Waals surface area contributed by atoms with Crippen molar-refractivity contribution in [1.82, 2.24) is 4.31 Å². The lowest BCUT2D eigenvalue weighted by Gasteiger charge is -2.17. The molecule has 1 saturated heterocycles. The summed E-state index contributed by atoms with van der Waals surface area (Å²) in [7, 11) is -3.70. The van der Waals surface area contributed by atoms with Gasteiger partial charge in [0, 0.05) is 23.8 Å². The van der Waals surface area contributed by atoms with Gasteiger partial charge in [-0.05, 0) is 49.2 Å². The zero-order valence-corrected chi connectivity index (χ0v) is 16.6. The SMILES string of the molecule is O=C(Nc1ccc(Cl)c(S(=O)(=O)N2CCCC2)c1)c1ccc(Cl)cc1Cl. The summed E-state index contributed by atoms with van der Waals surface area (Å²) in [5.74, 6) is -0.474. The predicted molar refractivity (Wildman–Crippen MR) is 104 cm³/mol. The van der Waals surface area contributed by atoms with Crippen LogP contribution in [0.5, 0.6) is 0 Å². The molecule has 138 valence electrons. The van der Waals surface area contributed by atoms with Gasteiger partial charge in [0.25, 0.3) is 5.91 Å². The standard InChI is InChI=1S/C17H15Cl3N2O3S/c18-11-3-5-13(15(20)9-11)17(23)21-12-4-6-14(19)16(10-12)26(24,25)22-7-1-2-8-22/h3-6,9-10H,1-2,7-8H2,(H,21,23). The molecular formula is C17H15Cl3N2O3S. The zero-order valence-electron chi connectivity index (χ0n) is 13.5. The molecule has 1 aliphatic rings. The molecule has 3 rings (SSSR count). The third-order valence-corrected chi connectivity index (χ3v) is 6.98. The van der Waals surface area contributed by atoms with E-state index in [0.717, 1.165) is 12.8 Å². The molecule has 0 bridgehead atoms. The predicted octanol–water partition coefficient (Wildman–Crippen LogP) is 4.68. The first kappa shape index (κ1) is 19.5. The largest absolute Gasteiger partial charge is 0.322 e. The molecule has 0 atom stereocenters. The van der Waals surface area contributed by atoms with Gasteiger partial charge in [-0.3, -0.25) is 4.79 Å². The monoisotopic (exact) mass is 432 g/mol. The highest BCUT2D eigenvalue weighted by Crippen LogP contribution is 2.30. The summed E-state index contributed by atoms with van der Waals surface area (Å²) in [6.07, 6.45) is 1.64. The number of benzene rings is 2. The van der Waals surface area contributed by atoms with Gasteiger partial charge in [-0.15, -0.1) is 0 Å². The second-order valence-electron chi connectivity index (χ2n) is 5.83. The van der Waals surface area contributed by atoms with E-state index in [1.807, 2.05) is 0 Å². The third kappa shape index (κ3) is 4.00. The van der Waals surface area contributed by atoms with Crippen LogP contribution in [-0.2, 0) is 10.0 Å². The van der Waals surface area contributed by atoms with E-state index in [-0.39, 0.29) is 20.5 Å². The maximum Gasteiger partial charge on any atom is 0.257 e. The van der Waals surface area contributed by atoms with Crippen molar-refractivity contribution in [2.24, 2.45) is 0 Å². The van der Waals surface area contributed by atoms with Crippen molar-refractivity contribution < 1.29 is 13.2 Å². The fraction of sp³-hybridized carbons (Fsp3) is 0.235. The van der Waals surface area contributed by atoms with Gasteiger partial charge in [0.2, 0.25) is 10.0 Å². The molecule has 5 nitrogen and oxygen atoms in total. The topological polar surface area (TPSA) is 66.5 Å². The van der Waals surface area contributed by atoms with Gasteiger partial charge in [-0.2, -0.15) is 4.31 Å². The van der Waals surface area contributed by atoms with Gasteiger partial charge in [0.15, 0.2) is 0 Å². The van der Waals surface area contributed by atoms with Crippen LogP contribution >= 0.6 is 34.8 Å². The molecule has 0 aromatic heterocycles. The normalized spacial score (nSPS) is 15.2. The summed E-state index contributed by atoms with van der Waals surface area (Å²) < 4.78 is 26.9. The van der Waals surface area contributed by atoms with E-state index in [4.69, 9.17) is 34.8 Å². The van der Waals surface area contributed by atoms with E-state index in [1.165, 1.54) is 34.6 Å². The Bertz CT molecular complexity index is 958. The van der Waals surface area contributed by atoms with Crippen molar-refractivity contribution in [3.8, 4) is 0 Å². The smallest absolute Gasteiger partial charge is 0.257 e. The van der Waals surface area contributed by atoms with Crippen LogP contribution in [0, 0.1) is 0 Å². The maximum atomic E-state index is 12.7. The minimum atomic E-state index is -3.70. The van der Waals surface area contributed by atoms with E-state index in [1.54, 1.807) is 6.07 Å². The molecule has 1 N–H and O–H groups in total. The van der Waals surface area contributed by atoms with E-state index in [0.29, 0.717) is 23.8 Å². The molecule has 1 fully saturated rings. The molecule has 1 heterocycles. The van der Waals surface area contributed by atoms with Crippen molar-refractivity contribution in [2.45, 2.75) is 17.7 Å². The Hall–Kier alpha value is -1.31. The first-order valence-corrected chi connectivity index (χ1v) is 10.4. The maximum absolute atomic E-state index is 12.7. The van der Waals surface area contributed by atoms with Gasteiger partial charge >= 0.3 is 0 Å². The summed E-state index contributed by atoms with van der Waals surface area (Å²) in [6, 6.07) is 8.85. The molecule has 0 radical (unpaired) electrons. The molecule has 0 unspecified atom stereocenters. The Labute approximate surface area is 166 Å². The lowest BCUT2D eigenvalue weighted by atomic mass is 10.2. The van der Waals surface area contributed by atoms with Gasteiger partial charge in [-0.1, -0.05) is 34.8 Å². The number of hydrogen-bond acceptors (Lipinski definition) is 3. The first-order chi connectivity index (χ1) is 12.3. The van der Waals surface area contributed by atoms with Crippen molar-refractivity contribution >= 4 is 56.4 Å². The Morgan fingerprint density at radius 2 is 1.65 bits per heavy atom. The lowest BCUT2D eigenvalue weighted by Crippen LogP contribution is -2.28. The number of carbonyl (C=O) groups is 1. The Balaban J connectivity index is 1.89. The number of carbonyl (C=O) groups excluding carboxylic acids is 1. The van der Waals surface area contributed by atoms with Crippen molar-refractivity contribution in [3.63, 3.8) is 0 Å². The highest BCUT2D eigenvalue weighted by atomic mass is 35.5. The summed E-state index contributed by atoms with van der Waals surface area (Å²) in [4.78, 5) is 12.4. The highest BCUT2D eigenvalue weighted by molar-refractivity contribution is 7.89. The number of nitrogens with zero attached hydrogens (tertiary/aromatic N) is 1. The van der Waals surface area contributed by atoms with Crippen LogP contribution < -0.4 is 5.32 Å². The molecule has 0 saturated carbocycles. The van der Waals surface area contributed by atoms with Crippen LogP contribution in [0.15, 0.2) is 41.3 Å². The number of rotatable bonds is 4. The van der Waals surface area contributed by atoms with Crippen LogP contribution in [0.2, 0.25) is 15.1 Å². The number of anilines is 1. The van der Waals surface area contributed by atoms with Gasteiger partial charge in [-0.25, -0.2) is 8.42 Å². The highest BCUT2D eigenvalue weighted by Gasteiger charge is 2.29. The third-order valence-electron chi connectivity index (χ3n) is 4.05. The van der Waals surface area contributed by atoms with E-state index >= 15 is 0 Å². The number of sulfonamides is 1. The minimum absolute atomic E-state index is 0.0268. The Kier molecular flexibility index (Phi) is 5.79. The Morgan fingerprint density at radius 3 is 2.31 bits per heavy atom. The molecule has 1 aliphatic heterocycles. The van der Waals surface area contributed by atoms with E-state index in [2.05, 4.69) is 5.32 Å². The molecule has 26 heavy (non-hydrogen) atoms. The van der Waals surface area contributed by atoms with Crippen molar-refractivity contribution in [3.05, 3.63) is 57.0 Å². The number of hydrogen-bond donors (Lipinski definition) is 1. The lowest BCUT2D eigenvalue weighted by molar-refractivity contribution is 0.102. The molecule has 2 aromatic rings. The molecular weight excluding hydrogens is 419 g/mol. The van der Waals surface area contributed by atoms with E-state index in [9.17, 15) is 13.2 Å². The van der Waals surface area contributed by atoms with Crippen molar-refractivity contribution in [2.75, 3.05) is 18.4 Å².